The van der Waals surface area contributed by atoms with E-state index >= 15 is 0 Å². The van der Waals surface area contributed by atoms with Gasteiger partial charge in [0.25, 0.3) is 0 Å². The number of fused-ring (bicyclic) bond motifs is 1. The normalized spacial score (nSPS) is 11.3. The standard InChI is InChI=1S/C17H26N2O2/c1-20-11-5-12-21-13-10-19-14-15(6-4-9-18)16-7-2-3-8-17(16)19/h2-3,7-8,14H,4-6,9-13,18H2,1H3. The Morgan fingerprint density at radius 1 is 1.10 bits per heavy atom. The van der Waals surface area contributed by atoms with Gasteiger partial charge in [-0.3, -0.25) is 0 Å². The Kier molecular flexibility index (Phi) is 6.73. The van der Waals surface area contributed by atoms with Crippen LogP contribution in [0.3, 0.4) is 0 Å². The molecule has 0 aliphatic heterocycles. The number of benzene rings is 1. The van der Waals surface area contributed by atoms with E-state index in [4.69, 9.17) is 15.2 Å². The van der Waals surface area contributed by atoms with Crippen LogP contribution in [0, 0.1) is 0 Å². The third-order valence-corrected chi connectivity index (χ3v) is 3.64. The van der Waals surface area contributed by atoms with Crippen LogP contribution in [-0.4, -0.2) is 38.0 Å². The largest absolute Gasteiger partial charge is 0.385 e. The summed E-state index contributed by atoms with van der Waals surface area (Å²) in [7, 11) is 1.72. The van der Waals surface area contributed by atoms with Crippen LogP contribution in [0.4, 0.5) is 0 Å². The highest BCUT2D eigenvalue weighted by molar-refractivity contribution is 5.83. The molecule has 0 fully saturated rings. The Morgan fingerprint density at radius 3 is 2.76 bits per heavy atom. The van der Waals surface area contributed by atoms with E-state index in [1.54, 1.807) is 7.11 Å². The van der Waals surface area contributed by atoms with Crippen molar-refractivity contribution in [2.75, 3.05) is 33.5 Å². The average molecular weight is 290 g/mol. The van der Waals surface area contributed by atoms with Gasteiger partial charge in [0.2, 0.25) is 0 Å². The van der Waals surface area contributed by atoms with Crippen molar-refractivity contribution in [1.82, 2.24) is 4.57 Å². The molecule has 0 unspecified atom stereocenters. The van der Waals surface area contributed by atoms with Gasteiger partial charge in [-0.1, -0.05) is 18.2 Å². The third kappa shape index (κ3) is 4.56. The van der Waals surface area contributed by atoms with Gasteiger partial charge in [-0.2, -0.15) is 0 Å². The molecule has 0 bridgehead atoms. The number of nitrogens with zero attached hydrogens (tertiary/aromatic N) is 1. The molecule has 0 saturated heterocycles. The number of aryl methyl sites for hydroxylation is 1. The van der Waals surface area contributed by atoms with Gasteiger partial charge < -0.3 is 19.8 Å². The number of hydrogen-bond acceptors (Lipinski definition) is 3. The van der Waals surface area contributed by atoms with Crippen LogP contribution in [0.2, 0.25) is 0 Å². The number of rotatable bonds is 10. The Hall–Kier alpha value is -1.36. The summed E-state index contributed by atoms with van der Waals surface area (Å²) in [4.78, 5) is 0. The van der Waals surface area contributed by atoms with Crippen molar-refractivity contribution in [3.8, 4) is 0 Å². The smallest absolute Gasteiger partial charge is 0.0645 e. The highest BCUT2D eigenvalue weighted by Gasteiger charge is 2.07. The number of para-hydroxylation sites is 1. The van der Waals surface area contributed by atoms with Gasteiger partial charge in [0.15, 0.2) is 0 Å². The first-order chi connectivity index (χ1) is 10.4. The van der Waals surface area contributed by atoms with Gasteiger partial charge in [0.1, 0.15) is 0 Å². The van der Waals surface area contributed by atoms with Gasteiger partial charge >= 0.3 is 0 Å². The first-order valence-electron chi connectivity index (χ1n) is 7.70. The summed E-state index contributed by atoms with van der Waals surface area (Å²) in [5, 5.41) is 1.34. The van der Waals surface area contributed by atoms with Crippen LogP contribution in [0.15, 0.2) is 30.5 Å². The van der Waals surface area contributed by atoms with Gasteiger partial charge in [-0.05, 0) is 37.4 Å². The number of aromatic nitrogens is 1. The maximum atomic E-state index is 5.66. The van der Waals surface area contributed by atoms with Crippen molar-refractivity contribution < 1.29 is 9.47 Å². The molecular weight excluding hydrogens is 264 g/mol. The lowest BCUT2D eigenvalue weighted by Gasteiger charge is -2.06. The van der Waals surface area contributed by atoms with E-state index in [9.17, 15) is 0 Å². The van der Waals surface area contributed by atoms with E-state index in [1.165, 1.54) is 16.5 Å². The summed E-state index contributed by atoms with van der Waals surface area (Å²) >= 11 is 0. The lowest BCUT2D eigenvalue weighted by Crippen LogP contribution is -2.07. The zero-order valence-electron chi connectivity index (χ0n) is 12.9. The van der Waals surface area contributed by atoms with Crippen molar-refractivity contribution in [1.29, 1.82) is 0 Å². The average Bonchev–Trinajstić information content (AvgIpc) is 2.87. The first kappa shape index (κ1) is 16.0. The van der Waals surface area contributed by atoms with Crippen molar-refractivity contribution in [3.63, 3.8) is 0 Å². The van der Waals surface area contributed by atoms with Crippen LogP contribution >= 0.6 is 0 Å². The molecule has 116 valence electrons. The molecule has 0 spiro atoms. The zero-order valence-corrected chi connectivity index (χ0v) is 12.9. The minimum absolute atomic E-state index is 0.735. The van der Waals surface area contributed by atoms with E-state index in [0.29, 0.717) is 0 Å². The third-order valence-electron chi connectivity index (χ3n) is 3.64. The van der Waals surface area contributed by atoms with Gasteiger partial charge in [0.05, 0.1) is 6.61 Å². The molecular formula is C17H26N2O2. The number of nitrogens with two attached hydrogens (primary N) is 1. The highest BCUT2D eigenvalue weighted by Crippen LogP contribution is 2.22. The van der Waals surface area contributed by atoms with E-state index < -0.39 is 0 Å². The fourth-order valence-electron chi connectivity index (χ4n) is 2.57. The fraction of sp³-hybridized carbons (Fsp3) is 0.529. The topological polar surface area (TPSA) is 49.4 Å². The SMILES string of the molecule is COCCCOCCn1cc(CCCN)c2ccccc21. The van der Waals surface area contributed by atoms with Crippen LogP contribution in [0.25, 0.3) is 10.9 Å². The Labute approximate surface area is 126 Å². The number of methoxy groups -OCH3 is 1. The molecule has 0 saturated carbocycles. The Morgan fingerprint density at radius 2 is 1.95 bits per heavy atom. The molecule has 4 nitrogen and oxygen atoms in total. The summed E-state index contributed by atoms with van der Waals surface area (Å²) in [5.41, 5.74) is 8.30. The van der Waals surface area contributed by atoms with Crippen LogP contribution in [0.5, 0.6) is 0 Å². The van der Waals surface area contributed by atoms with Crippen molar-refractivity contribution in [2.24, 2.45) is 5.73 Å². The highest BCUT2D eigenvalue weighted by atomic mass is 16.5. The molecule has 21 heavy (non-hydrogen) atoms. The zero-order chi connectivity index (χ0) is 14.9. The molecule has 0 atom stereocenters. The van der Waals surface area contributed by atoms with E-state index in [-0.39, 0.29) is 0 Å². The van der Waals surface area contributed by atoms with E-state index in [2.05, 4.69) is 35.0 Å². The molecule has 2 N–H and O–H groups in total. The summed E-state index contributed by atoms with van der Waals surface area (Å²) in [6.45, 7) is 3.87. The Balaban J connectivity index is 1.95. The molecule has 4 heteroatoms. The molecule has 2 aromatic rings. The number of ether oxygens (including phenoxy) is 2. The molecule has 0 aliphatic carbocycles. The Bertz CT molecular complexity index is 537. The second-order valence-corrected chi connectivity index (χ2v) is 5.22. The second-order valence-electron chi connectivity index (χ2n) is 5.22. The van der Waals surface area contributed by atoms with E-state index in [1.807, 2.05) is 0 Å². The van der Waals surface area contributed by atoms with Crippen molar-refractivity contribution in [2.45, 2.75) is 25.8 Å². The quantitative estimate of drug-likeness (QED) is 0.684. The van der Waals surface area contributed by atoms with Gasteiger partial charge in [-0.15, -0.1) is 0 Å². The molecule has 1 aromatic carbocycles. The lowest BCUT2D eigenvalue weighted by molar-refractivity contribution is 0.0982. The van der Waals surface area contributed by atoms with Crippen LogP contribution < -0.4 is 5.73 Å². The summed E-state index contributed by atoms with van der Waals surface area (Å²) < 4.78 is 13.0. The molecule has 0 aliphatic rings. The molecule has 1 aromatic heterocycles. The minimum Gasteiger partial charge on any atom is -0.385 e. The monoisotopic (exact) mass is 290 g/mol. The fourth-order valence-corrected chi connectivity index (χ4v) is 2.57. The van der Waals surface area contributed by atoms with Crippen molar-refractivity contribution >= 4 is 10.9 Å². The van der Waals surface area contributed by atoms with Crippen molar-refractivity contribution in [3.05, 3.63) is 36.0 Å². The predicted octanol–water partition coefficient (Wildman–Crippen LogP) is 2.59. The summed E-state index contributed by atoms with van der Waals surface area (Å²) in [5.74, 6) is 0. The van der Waals surface area contributed by atoms with Crippen LogP contribution in [-0.2, 0) is 22.4 Å². The maximum absolute atomic E-state index is 5.66. The van der Waals surface area contributed by atoms with Crippen LogP contribution in [0.1, 0.15) is 18.4 Å². The van der Waals surface area contributed by atoms with Gasteiger partial charge in [-0.25, -0.2) is 0 Å². The molecule has 2 rings (SSSR count). The summed E-state index contributed by atoms with van der Waals surface area (Å²) in [6.07, 6.45) is 5.27. The first-order valence-corrected chi connectivity index (χ1v) is 7.70. The molecule has 0 radical (unpaired) electrons. The second kappa shape index (κ2) is 8.82. The van der Waals surface area contributed by atoms with Gasteiger partial charge in [0, 0.05) is 44.0 Å². The maximum Gasteiger partial charge on any atom is 0.0645 e. The summed E-state index contributed by atoms with van der Waals surface area (Å²) in [6, 6.07) is 8.55. The molecule has 1 heterocycles. The minimum atomic E-state index is 0.735. The lowest BCUT2D eigenvalue weighted by atomic mass is 10.1. The number of hydrogen-bond donors (Lipinski definition) is 1. The van der Waals surface area contributed by atoms with E-state index in [0.717, 1.165) is 52.2 Å². The predicted molar refractivity (Wildman–Crippen MR) is 86.6 cm³/mol. The molecule has 0 amide bonds.